The van der Waals surface area contributed by atoms with E-state index in [0.29, 0.717) is 41.7 Å². The standard InChI is InChI=1S/C26H25N3O2/c1-2-23(24-27-22-16-10-9-15-21(22)25(30)28-24)29(18-17-19-11-5-3-6-12-19)26(31)20-13-7-4-8-14-20/h3-16,23H,2,17-18H2,1H3,(H,27,28,30)/t23-/m0/s1. The van der Waals surface area contributed by atoms with E-state index in [1.807, 2.05) is 78.6 Å². The molecule has 0 spiro atoms. The van der Waals surface area contributed by atoms with Gasteiger partial charge in [-0.05, 0) is 42.7 Å². The zero-order chi connectivity index (χ0) is 21.6. The van der Waals surface area contributed by atoms with E-state index in [2.05, 4.69) is 17.1 Å². The second kappa shape index (κ2) is 9.39. The van der Waals surface area contributed by atoms with Gasteiger partial charge in [0.1, 0.15) is 5.82 Å². The molecule has 3 aromatic carbocycles. The van der Waals surface area contributed by atoms with Gasteiger partial charge >= 0.3 is 0 Å². The monoisotopic (exact) mass is 411 g/mol. The van der Waals surface area contributed by atoms with Crippen LogP contribution in [0.3, 0.4) is 0 Å². The molecule has 1 heterocycles. The van der Waals surface area contributed by atoms with Gasteiger partial charge in [0.15, 0.2) is 0 Å². The SMILES string of the molecule is CC[C@@H](c1nc2ccccc2c(=O)[nH]1)N(CCc1ccccc1)C(=O)c1ccccc1. The Morgan fingerprint density at radius 1 is 0.935 bits per heavy atom. The third kappa shape index (κ3) is 4.56. The largest absolute Gasteiger partial charge is 0.328 e. The highest BCUT2D eigenvalue weighted by atomic mass is 16.2. The van der Waals surface area contributed by atoms with Crippen LogP contribution in [0.5, 0.6) is 0 Å². The van der Waals surface area contributed by atoms with Gasteiger partial charge < -0.3 is 9.88 Å². The summed E-state index contributed by atoms with van der Waals surface area (Å²) in [5.41, 5.74) is 2.23. The number of carbonyl (C=O) groups excluding carboxylic acids is 1. The summed E-state index contributed by atoms with van der Waals surface area (Å²) < 4.78 is 0. The lowest BCUT2D eigenvalue weighted by Crippen LogP contribution is -2.38. The molecule has 31 heavy (non-hydrogen) atoms. The number of benzene rings is 3. The molecule has 0 fully saturated rings. The molecule has 5 nitrogen and oxygen atoms in total. The molecule has 4 aromatic rings. The van der Waals surface area contributed by atoms with E-state index in [4.69, 9.17) is 4.98 Å². The molecule has 0 aliphatic carbocycles. The minimum atomic E-state index is -0.339. The van der Waals surface area contributed by atoms with E-state index in [9.17, 15) is 9.59 Å². The number of hydrogen-bond acceptors (Lipinski definition) is 3. The predicted octanol–water partition coefficient (Wildman–Crippen LogP) is 4.76. The summed E-state index contributed by atoms with van der Waals surface area (Å²) >= 11 is 0. The minimum Gasteiger partial charge on any atom is -0.328 e. The molecular formula is C26H25N3O2. The van der Waals surface area contributed by atoms with Gasteiger partial charge in [-0.3, -0.25) is 9.59 Å². The molecule has 5 heteroatoms. The number of fused-ring (bicyclic) bond motifs is 1. The maximum absolute atomic E-state index is 13.5. The van der Waals surface area contributed by atoms with Crippen molar-refractivity contribution >= 4 is 16.8 Å². The third-order valence-corrected chi connectivity index (χ3v) is 5.48. The van der Waals surface area contributed by atoms with Crippen molar-refractivity contribution in [1.29, 1.82) is 0 Å². The quantitative estimate of drug-likeness (QED) is 0.477. The first kappa shape index (κ1) is 20.5. The molecule has 0 aliphatic heterocycles. The Morgan fingerprint density at radius 2 is 1.58 bits per heavy atom. The number of H-pyrrole nitrogens is 1. The number of amides is 1. The zero-order valence-corrected chi connectivity index (χ0v) is 17.5. The molecule has 1 amide bonds. The fraction of sp³-hybridized carbons (Fsp3) is 0.192. The summed E-state index contributed by atoms with van der Waals surface area (Å²) in [5.74, 6) is 0.447. The van der Waals surface area contributed by atoms with Gasteiger partial charge in [0.2, 0.25) is 0 Å². The molecule has 0 unspecified atom stereocenters. The maximum atomic E-state index is 13.5. The van der Waals surface area contributed by atoms with E-state index in [1.165, 1.54) is 0 Å². The van der Waals surface area contributed by atoms with Crippen LogP contribution < -0.4 is 5.56 Å². The summed E-state index contributed by atoms with van der Waals surface area (Å²) in [6.07, 6.45) is 1.35. The molecule has 156 valence electrons. The lowest BCUT2D eigenvalue weighted by atomic mass is 10.1. The molecule has 4 rings (SSSR count). The predicted molar refractivity (Wildman–Crippen MR) is 123 cm³/mol. The average molecular weight is 412 g/mol. The zero-order valence-electron chi connectivity index (χ0n) is 17.5. The summed E-state index contributed by atoms with van der Waals surface area (Å²) in [4.78, 5) is 35.6. The van der Waals surface area contributed by atoms with Crippen LogP contribution in [0.25, 0.3) is 10.9 Å². The van der Waals surface area contributed by atoms with Crippen LogP contribution in [0.15, 0.2) is 89.7 Å². The van der Waals surface area contributed by atoms with Gasteiger partial charge in [0.05, 0.1) is 16.9 Å². The average Bonchev–Trinajstić information content (AvgIpc) is 2.82. The van der Waals surface area contributed by atoms with Crippen molar-refractivity contribution in [2.24, 2.45) is 0 Å². The Hall–Kier alpha value is -3.73. The van der Waals surface area contributed by atoms with E-state index in [-0.39, 0.29) is 17.5 Å². The summed E-state index contributed by atoms with van der Waals surface area (Å²) in [6, 6.07) is 26.3. The van der Waals surface area contributed by atoms with Crippen LogP contribution in [-0.2, 0) is 6.42 Å². The molecule has 0 aliphatic rings. The molecule has 0 bridgehead atoms. The Morgan fingerprint density at radius 3 is 2.29 bits per heavy atom. The number of nitrogens with zero attached hydrogens (tertiary/aromatic N) is 2. The number of hydrogen-bond donors (Lipinski definition) is 1. The number of aromatic amines is 1. The van der Waals surface area contributed by atoms with Crippen LogP contribution >= 0.6 is 0 Å². The Balaban J connectivity index is 1.73. The van der Waals surface area contributed by atoms with E-state index >= 15 is 0 Å². The number of aromatic nitrogens is 2. The molecule has 1 atom stereocenters. The molecular weight excluding hydrogens is 386 g/mol. The number of carbonyl (C=O) groups is 1. The lowest BCUT2D eigenvalue weighted by Gasteiger charge is -2.31. The topological polar surface area (TPSA) is 66.1 Å². The number of para-hydroxylation sites is 1. The second-order valence-electron chi connectivity index (χ2n) is 7.49. The fourth-order valence-corrected chi connectivity index (χ4v) is 3.86. The highest BCUT2D eigenvalue weighted by molar-refractivity contribution is 5.94. The van der Waals surface area contributed by atoms with Crippen molar-refractivity contribution in [3.63, 3.8) is 0 Å². The van der Waals surface area contributed by atoms with Crippen LogP contribution in [0.1, 0.15) is 41.1 Å². The second-order valence-corrected chi connectivity index (χ2v) is 7.49. The molecule has 1 aromatic heterocycles. The van der Waals surface area contributed by atoms with Crippen molar-refractivity contribution in [3.8, 4) is 0 Å². The van der Waals surface area contributed by atoms with Gasteiger partial charge in [-0.15, -0.1) is 0 Å². The molecule has 1 N–H and O–H groups in total. The highest BCUT2D eigenvalue weighted by Gasteiger charge is 2.27. The Labute approximate surface area is 181 Å². The van der Waals surface area contributed by atoms with Crippen LogP contribution in [0.4, 0.5) is 0 Å². The summed E-state index contributed by atoms with van der Waals surface area (Å²) in [6.45, 7) is 2.53. The number of rotatable bonds is 7. The van der Waals surface area contributed by atoms with E-state index in [1.54, 1.807) is 6.07 Å². The van der Waals surface area contributed by atoms with Gasteiger partial charge in [0, 0.05) is 12.1 Å². The van der Waals surface area contributed by atoms with E-state index < -0.39 is 0 Å². The van der Waals surface area contributed by atoms with Gasteiger partial charge in [-0.2, -0.15) is 0 Å². The van der Waals surface area contributed by atoms with Gasteiger partial charge in [-0.25, -0.2) is 4.98 Å². The summed E-state index contributed by atoms with van der Waals surface area (Å²) in [5, 5.41) is 0.548. The molecule has 0 saturated heterocycles. The van der Waals surface area contributed by atoms with Crippen molar-refractivity contribution in [1.82, 2.24) is 14.9 Å². The lowest BCUT2D eigenvalue weighted by molar-refractivity contribution is 0.0664. The Kier molecular flexibility index (Phi) is 6.22. The number of nitrogens with one attached hydrogen (secondary N) is 1. The maximum Gasteiger partial charge on any atom is 0.258 e. The minimum absolute atomic E-state index is 0.0702. The fourth-order valence-electron chi connectivity index (χ4n) is 3.86. The van der Waals surface area contributed by atoms with Crippen molar-refractivity contribution < 1.29 is 4.79 Å². The van der Waals surface area contributed by atoms with Crippen molar-refractivity contribution in [2.45, 2.75) is 25.8 Å². The highest BCUT2D eigenvalue weighted by Crippen LogP contribution is 2.24. The smallest absolute Gasteiger partial charge is 0.258 e. The van der Waals surface area contributed by atoms with E-state index in [0.717, 1.165) is 5.56 Å². The Bertz CT molecular complexity index is 1220. The first-order chi connectivity index (χ1) is 15.2. The van der Waals surface area contributed by atoms with Crippen LogP contribution in [0, 0.1) is 0 Å². The van der Waals surface area contributed by atoms with Crippen molar-refractivity contribution in [2.75, 3.05) is 6.54 Å². The van der Waals surface area contributed by atoms with Crippen molar-refractivity contribution in [3.05, 3.63) is 112 Å². The van der Waals surface area contributed by atoms with Gasteiger partial charge in [-0.1, -0.05) is 67.6 Å². The van der Waals surface area contributed by atoms with Crippen LogP contribution in [0.2, 0.25) is 0 Å². The third-order valence-electron chi connectivity index (χ3n) is 5.48. The van der Waals surface area contributed by atoms with Gasteiger partial charge in [0.25, 0.3) is 11.5 Å². The first-order valence-electron chi connectivity index (χ1n) is 10.6. The normalized spacial score (nSPS) is 11.9. The molecule has 0 radical (unpaired) electrons. The van der Waals surface area contributed by atoms with Crippen LogP contribution in [-0.4, -0.2) is 27.3 Å². The summed E-state index contributed by atoms with van der Waals surface area (Å²) in [7, 11) is 0. The first-order valence-corrected chi connectivity index (χ1v) is 10.6. The molecule has 0 saturated carbocycles.